The fraction of sp³-hybridized carbons (Fsp3) is 0.333. The Labute approximate surface area is 101 Å². The van der Waals surface area contributed by atoms with Gasteiger partial charge in [-0.1, -0.05) is 11.8 Å². The Hall–Kier alpha value is -1.83. The monoisotopic (exact) mass is 253 g/mol. The van der Waals surface area contributed by atoms with Gasteiger partial charge in [-0.3, -0.25) is 4.79 Å². The lowest BCUT2D eigenvalue weighted by Crippen LogP contribution is -2.04. The zero-order chi connectivity index (χ0) is 12.3. The van der Waals surface area contributed by atoms with Crippen molar-refractivity contribution < 1.29 is 9.53 Å². The molecule has 0 atom stereocenters. The summed E-state index contributed by atoms with van der Waals surface area (Å²) in [7, 11) is 3.08. The van der Waals surface area contributed by atoms with Crippen molar-refractivity contribution in [1.29, 1.82) is 0 Å². The molecule has 2 aromatic heterocycles. The maximum Gasteiger partial charge on any atom is 0.316 e. The lowest BCUT2D eigenvalue weighted by atomic mass is 10.5. The Morgan fingerprint density at radius 3 is 3.12 bits per heavy atom. The molecule has 2 rings (SSSR count). The van der Waals surface area contributed by atoms with Crippen molar-refractivity contribution in [3.8, 4) is 0 Å². The molecule has 0 aliphatic rings. The van der Waals surface area contributed by atoms with Gasteiger partial charge < -0.3 is 15.0 Å². The summed E-state index contributed by atoms with van der Waals surface area (Å²) in [5.41, 5.74) is 1.29. The number of methoxy groups -OCH3 is 1. The number of ether oxygens (including phenoxy) is 1. The molecule has 2 aromatic rings. The molecule has 0 saturated carbocycles. The molecule has 7 nitrogen and oxygen atoms in total. The number of aromatic amines is 1. The number of carbonyl (C=O) groups excluding carboxylic acids is 1. The van der Waals surface area contributed by atoms with E-state index in [4.69, 9.17) is 0 Å². The number of esters is 1. The molecule has 2 N–H and O–H groups in total. The van der Waals surface area contributed by atoms with E-state index < -0.39 is 0 Å². The van der Waals surface area contributed by atoms with Crippen molar-refractivity contribution in [3.63, 3.8) is 0 Å². The van der Waals surface area contributed by atoms with Crippen LogP contribution in [0, 0.1) is 0 Å². The summed E-state index contributed by atoms with van der Waals surface area (Å²) in [5, 5.41) is 3.51. The number of anilines is 1. The van der Waals surface area contributed by atoms with Crippen molar-refractivity contribution in [3.05, 3.63) is 6.33 Å². The van der Waals surface area contributed by atoms with E-state index in [0.717, 1.165) is 5.52 Å². The standard InChI is InChI=1S/C9H11N5O2S/c1-10-9-13-7-6(11-4-12-7)8(14-9)17-3-5(15)16-2/h4H,3H2,1-2H3,(H2,10,11,12,13,14). The summed E-state index contributed by atoms with van der Waals surface area (Å²) in [6.07, 6.45) is 1.54. The number of H-pyrrole nitrogens is 1. The quantitative estimate of drug-likeness (QED) is 0.469. The van der Waals surface area contributed by atoms with E-state index in [-0.39, 0.29) is 11.7 Å². The second-order valence-corrected chi connectivity index (χ2v) is 4.03. The van der Waals surface area contributed by atoms with Gasteiger partial charge >= 0.3 is 5.97 Å². The fourth-order valence-electron chi connectivity index (χ4n) is 1.21. The van der Waals surface area contributed by atoms with Crippen molar-refractivity contribution in [2.45, 2.75) is 5.03 Å². The fourth-order valence-corrected chi connectivity index (χ4v) is 2.03. The van der Waals surface area contributed by atoms with Crippen LogP contribution in [0.25, 0.3) is 11.2 Å². The van der Waals surface area contributed by atoms with Gasteiger partial charge in [0.2, 0.25) is 5.95 Å². The number of aromatic nitrogens is 4. The van der Waals surface area contributed by atoms with E-state index in [0.29, 0.717) is 16.6 Å². The third-order valence-corrected chi connectivity index (χ3v) is 2.98. The molecule has 0 aromatic carbocycles. The zero-order valence-corrected chi connectivity index (χ0v) is 10.2. The Bertz CT molecular complexity index is 541. The molecule has 17 heavy (non-hydrogen) atoms. The molecule has 0 bridgehead atoms. The highest BCUT2D eigenvalue weighted by atomic mass is 32.2. The maximum absolute atomic E-state index is 11.1. The van der Waals surface area contributed by atoms with Crippen LogP contribution in [0.4, 0.5) is 5.95 Å². The van der Waals surface area contributed by atoms with Gasteiger partial charge in [0.15, 0.2) is 5.65 Å². The number of imidazole rings is 1. The number of fused-ring (bicyclic) bond motifs is 1. The third-order valence-electron chi connectivity index (χ3n) is 2.03. The van der Waals surface area contributed by atoms with E-state index in [1.165, 1.54) is 18.9 Å². The molecule has 0 fully saturated rings. The zero-order valence-electron chi connectivity index (χ0n) is 9.35. The average molecular weight is 253 g/mol. The summed E-state index contributed by atoms with van der Waals surface area (Å²) < 4.78 is 4.58. The van der Waals surface area contributed by atoms with Gasteiger partial charge in [0.1, 0.15) is 10.5 Å². The highest BCUT2D eigenvalue weighted by Crippen LogP contribution is 2.24. The van der Waals surface area contributed by atoms with Gasteiger partial charge in [0.25, 0.3) is 0 Å². The first-order valence-electron chi connectivity index (χ1n) is 4.83. The summed E-state index contributed by atoms with van der Waals surface area (Å²) in [5.74, 6) is 0.370. The topological polar surface area (TPSA) is 92.8 Å². The first-order valence-corrected chi connectivity index (χ1v) is 5.81. The van der Waals surface area contributed by atoms with Crippen molar-refractivity contribution in [1.82, 2.24) is 19.9 Å². The molecular formula is C9H11N5O2S. The summed E-state index contributed by atoms with van der Waals surface area (Å²) >= 11 is 1.28. The van der Waals surface area contributed by atoms with Gasteiger partial charge in [-0.05, 0) is 0 Å². The van der Waals surface area contributed by atoms with E-state index >= 15 is 0 Å². The summed E-state index contributed by atoms with van der Waals surface area (Å²) in [4.78, 5) is 26.5. The van der Waals surface area contributed by atoms with Crippen molar-refractivity contribution in [2.75, 3.05) is 25.2 Å². The molecule has 90 valence electrons. The van der Waals surface area contributed by atoms with E-state index in [1.54, 1.807) is 13.4 Å². The lowest BCUT2D eigenvalue weighted by molar-refractivity contribution is -0.137. The van der Waals surface area contributed by atoms with Crippen LogP contribution in [-0.4, -0.2) is 45.8 Å². The molecule has 0 unspecified atom stereocenters. The average Bonchev–Trinajstić information content (AvgIpc) is 2.83. The number of carbonyl (C=O) groups is 1. The summed E-state index contributed by atoms with van der Waals surface area (Å²) in [6.45, 7) is 0. The SMILES string of the molecule is CNc1nc(SCC(=O)OC)c2[nH]cnc2n1. The van der Waals surface area contributed by atoms with Crippen LogP contribution in [0.3, 0.4) is 0 Å². The molecule has 0 aliphatic carbocycles. The van der Waals surface area contributed by atoms with E-state index in [2.05, 4.69) is 30.0 Å². The minimum atomic E-state index is -0.299. The van der Waals surface area contributed by atoms with Crippen LogP contribution >= 0.6 is 11.8 Å². The number of thioether (sulfide) groups is 1. The molecule has 0 aliphatic heterocycles. The largest absolute Gasteiger partial charge is 0.468 e. The maximum atomic E-state index is 11.1. The van der Waals surface area contributed by atoms with Crippen LogP contribution in [0.5, 0.6) is 0 Å². The number of hydrogen-bond donors (Lipinski definition) is 2. The van der Waals surface area contributed by atoms with Crippen LogP contribution < -0.4 is 5.32 Å². The molecule has 8 heteroatoms. The molecular weight excluding hydrogens is 242 g/mol. The smallest absolute Gasteiger partial charge is 0.316 e. The van der Waals surface area contributed by atoms with Crippen LogP contribution in [-0.2, 0) is 9.53 Å². The predicted octanol–water partition coefficient (Wildman–Crippen LogP) is 0.660. The summed E-state index contributed by atoms with van der Waals surface area (Å²) in [6, 6.07) is 0. The molecule has 0 amide bonds. The van der Waals surface area contributed by atoms with Gasteiger partial charge in [-0.25, -0.2) is 9.97 Å². The van der Waals surface area contributed by atoms with Gasteiger partial charge in [-0.15, -0.1) is 0 Å². The Kier molecular flexibility index (Phi) is 3.43. The van der Waals surface area contributed by atoms with Crippen LogP contribution in [0.1, 0.15) is 0 Å². The molecule has 2 heterocycles. The first kappa shape index (κ1) is 11.6. The highest BCUT2D eigenvalue weighted by Gasteiger charge is 2.11. The lowest BCUT2D eigenvalue weighted by Gasteiger charge is -2.03. The van der Waals surface area contributed by atoms with Crippen molar-refractivity contribution in [2.24, 2.45) is 0 Å². The number of nitrogens with zero attached hydrogens (tertiary/aromatic N) is 3. The Morgan fingerprint density at radius 1 is 1.59 bits per heavy atom. The first-order chi connectivity index (χ1) is 8.24. The van der Waals surface area contributed by atoms with E-state index in [1.807, 2.05) is 0 Å². The molecule has 0 radical (unpaired) electrons. The molecule has 0 spiro atoms. The van der Waals surface area contributed by atoms with Crippen molar-refractivity contribution >= 4 is 34.8 Å². The van der Waals surface area contributed by atoms with Gasteiger partial charge in [0.05, 0.1) is 19.2 Å². The van der Waals surface area contributed by atoms with E-state index in [9.17, 15) is 4.79 Å². The number of rotatable bonds is 4. The second-order valence-electron chi connectivity index (χ2n) is 3.07. The van der Waals surface area contributed by atoms with Crippen LogP contribution in [0.2, 0.25) is 0 Å². The number of hydrogen-bond acceptors (Lipinski definition) is 7. The van der Waals surface area contributed by atoms with Gasteiger partial charge in [0, 0.05) is 7.05 Å². The minimum absolute atomic E-state index is 0.199. The molecule has 0 saturated heterocycles. The minimum Gasteiger partial charge on any atom is -0.468 e. The Balaban J connectivity index is 2.30. The Morgan fingerprint density at radius 2 is 2.41 bits per heavy atom. The number of nitrogens with one attached hydrogen (secondary N) is 2. The second kappa shape index (κ2) is 5.00. The third kappa shape index (κ3) is 2.47. The highest BCUT2D eigenvalue weighted by molar-refractivity contribution is 8.00. The van der Waals surface area contributed by atoms with Gasteiger partial charge in [-0.2, -0.15) is 4.98 Å². The predicted molar refractivity (Wildman–Crippen MR) is 64.0 cm³/mol. The normalized spacial score (nSPS) is 10.5. The van der Waals surface area contributed by atoms with Crippen LogP contribution in [0.15, 0.2) is 11.4 Å².